The van der Waals surface area contributed by atoms with Gasteiger partial charge in [-0.2, -0.15) is 11.3 Å². The Morgan fingerprint density at radius 1 is 1.21 bits per heavy atom. The maximum absolute atomic E-state index is 11.7. The van der Waals surface area contributed by atoms with Gasteiger partial charge in [0.25, 0.3) is 0 Å². The maximum atomic E-state index is 11.7. The average Bonchev–Trinajstić information content (AvgIpc) is 2.90. The van der Waals surface area contributed by atoms with Crippen molar-refractivity contribution in [2.24, 2.45) is 0 Å². The molecule has 2 aromatic rings. The number of aromatic carboxylic acids is 1. The molecule has 2 rings (SSSR count). The van der Waals surface area contributed by atoms with Gasteiger partial charge in [-0.25, -0.2) is 9.59 Å². The van der Waals surface area contributed by atoms with Gasteiger partial charge in [-0.3, -0.25) is 0 Å². The van der Waals surface area contributed by atoms with Crippen LogP contribution in [0.1, 0.15) is 15.9 Å². The van der Waals surface area contributed by atoms with E-state index in [1.165, 1.54) is 6.07 Å². The Balaban J connectivity index is 1.97. The lowest BCUT2D eigenvalue weighted by Gasteiger charge is -2.09. The minimum atomic E-state index is -1.08. The summed E-state index contributed by atoms with van der Waals surface area (Å²) >= 11 is 1.55. The van der Waals surface area contributed by atoms with Gasteiger partial charge in [0.15, 0.2) is 0 Å². The molecular formula is C13H12N2O3S. The number of rotatable bonds is 4. The van der Waals surface area contributed by atoms with Crippen molar-refractivity contribution in [3.8, 4) is 0 Å². The summed E-state index contributed by atoms with van der Waals surface area (Å²) in [6, 6.07) is 7.75. The summed E-state index contributed by atoms with van der Waals surface area (Å²) in [5.74, 6) is -1.08. The first-order chi connectivity index (χ1) is 9.16. The molecule has 5 nitrogen and oxygen atoms in total. The van der Waals surface area contributed by atoms with Crippen LogP contribution >= 0.6 is 11.3 Å². The fourth-order valence-electron chi connectivity index (χ4n) is 1.52. The van der Waals surface area contributed by atoms with Crippen molar-refractivity contribution < 1.29 is 14.7 Å². The Labute approximate surface area is 113 Å². The molecule has 0 bridgehead atoms. The van der Waals surface area contributed by atoms with Crippen molar-refractivity contribution in [1.29, 1.82) is 0 Å². The molecule has 0 aliphatic rings. The topological polar surface area (TPSA) is 78.4 Å². The molecule has 0 saturated carbocycles. The second-order valence-corrected chi connectivity index (χ2v) is 4.57. The van der Waals surface area contributed by atoms with Gasteiger partial charge >= 0.3 is 12.0 Å². The lowest BCUT2D eigenvalue weighted by atomic mass is 10.2. The number of benzene rings is 1. The van der Waals surface area contributed by atoms with Gasteiger partial charge in [0, 0.05) is 6.54 Å². The van der Waals surface area contributed by atoms with Crippen LogP contribution in [0.3, 0.4) is 0 Å². The van der Waals surface area contributed by atoms with E-state index >= 15 is 0 Å². The summed E-state index contributed by atoms with van der Waals surface area (Å²) in [6.07, 6.45) is 0. The molecule has 98 valence electrons. The second-order valence-electron chi connectivity index (χ2n) is 3.79. The van der Waals surface area contributed by atoms with Gasteiger partial charge in [0.2, 0.25) is 0 Å². The van der Waals surface area contributed by atoms with Crippen LogP contribution in [-0.2, 0) is 6.54 Å². The molecule has 0 unspecified atom stereocenters. The largest absolute Gasteiger partial charge is 0.478 e. The molecule has 0 spiro atoms. The molecule has 19 heavy (non-hydrogen) atoms. The first-order valence-corrected chi connectivity index (χ1v) is 6.49. The highest BCUT2D eigenvalue weighted by atomic mass is 32.1. The monoisotopic (exact) mass is 276 g/mol. The quantitative estimate of drug-likeness (QED) is 0.803. The molecule has 0 fully saturated rings. The van der Waals surface area contributed by atoms with E-state index in [2.05, 4.69) is 10.6 Å². The van der Waals surface area contributed by atoms with E-state index in [0.29, 0.717) is 6.54 Å². The number of urea groups is 1. The predicted octanol–water partition coefficient (Wildman–Crippen LogP) is 2.77. The Morgan fingerprint density at radius 2 is 2.00 bits per heavy atom. The summed E-state index contributed by atoms with van der Waals surface area (Å²) in [5, 5.41) is 18.0. The SMILES string of the molecule is O=C(NCc1ccsc1)Nc1ccccc1C(=O)O. The van der Waals surface area contributed by atoms with Crippen LogP contribution in [0.5, 0.6) is 0 Å². The first kappa shape index (κ1) is 13.1. The Bertz CT molecular complexity index is 581. The molecule has 0 saturated heterocycles. The lowest BCUT2D eigenvalue weighted by Crippen LogP contribution is -2.28. The number of hydrogen-bond acceptors (Lipinski definition) is 3. The van der Waals surface area contributed by atoms with Gasteiger partial charge in [-0.1, -0.05) is 12.1 Å². The summed E-state index contributed by atoms with van der Waals surface area (Å²) < 4.78 is 0. The van der Waals surface area contributed by atoms with E-state index in [1.54, 1.807) is 29.5 Å². The minimum absolute atomic E-state index is 0.0631. The third-order valence-corrected chi connectivity index (χ3v) is 3.17. The van der Waals surface area contributed by atoms with Crippen LogP contribution in [0.4, 0.5) is 10.5 Å². The molecule has 1 aromatic heterocycles. The molecule has 2 amide bonds. The van der Waals surface area contributed by atoms with Gasteiger partial charge in [-0.05, 0) is 34.5 Å². The highest BCUT2D eigenvalue weighted by molar-refractivity contribution is 7.07. The molecule has 6 heteroatoms. The molecule has 0 radical (unpaired) electrons. The number of carboxylic acid groups (broad SMARTS) is 1. The summed E-state index contributed by atoms with van der Waals surface area (Å²) in [5.41, 5.74) is 1.35. The highest BCUT2D eigenvalue weighted by Gasteiger charge is 2.11. The van der Waals surface area contributed by atoms with Crippen LogP contribution in [0.15, 0.2) is 41.1 Å². The van der Waals surface area contributed by atoms with E-state index in [0.717, 1.165) is 5.56 Å². The number of nitrogens with one attached hydrogen (secondary N) is 2. The van der Waals surface area contributed by atoms with Gasteiger partial charge < -0.3 is 15.7 Å². The van der Waals surface area contributed by atoms with Crippen molar-refractivity contribution >= 4 is 29.0 Å². The molecule has 0 aliphatic heterocycles. The third-order valence-electron chi connectivity index (χ3n) is 2.44. The molecular weight excluding hydrogens is 264 g/mol. The highest BCUT2D eigenvalue weighted by Crippen LogP contribution is 2.14. The fraction of sp³-hybridized carbons (Fsp3) is 0.0769. The fourth-order valence-corrected chi connectivity index (χ4v) is 2.19. The zero-order valence-electron chi connectivity index (χ0n) is 9.92. The number of carbonyl (C=O) groups is 2. The summed E-state index contributed by atoms with van der Waals surface area (Å²) in [4.78, 5) is 22.6. The molecule has 0 aliphatic carbocycles. The third kappa shape index (κ3) is 3.56. The van der Waals surface area contributed by atoms with E-state index in [4.69, 9.17) is 5.11 Å². The number of para-hydroxylation sites is 1. The van der Waals surface area contributed by atoms with Crippen molar-refractivity contribution in [1.82, 2.24) is 5.32 Å². The number of anilines is 1. The van der Waals surface area contributed by atoms with Crippen LogP contribution in [0, 0.1) is 0 Å². The molecule has 1 heterocycles. The lowest BCUT2D eigenvalue weighted by molar-refractivity contribution is 0.0698. The van der Waals surface area contributed by atoms with Crippen molar-refractivity contribution in [3.05, 3.63) is 52.2 Å². The smallest absolute Gasteiger partial charge is 0.337 e. The number of hydrogen-bond donors (Lipinski definition) is 3. The minimum Gasteiger partial charge on any atom is -0.478 e. The van der Waals surface area contributed by atoms with Crippen LogP contribution in [0.25, 0.3) is 0 Å². The van der Waals surface area contributed by atoms with Crippen molar-refractivity contribution in [3.63, 3.8) is 0 Å². The molecule has 3 N–H and O–H groups in total. The van der Waals surface area contributed by atoms with E-state index in [9.17, 15) is 9.59 Å². The normalized spacial score (nSPS) is 9.89. The van der Waals surface area contributed by atoms with Gasteiger partial charge in [-0.15, -0.1) is 0 Å². The van der Waals surface area contributed by atoms with Crippen molar-refractivity contribution in [2.75, 3.05) is 5.32 Å². The molecule has 1 aromatic carbocycles. The van der Waals surface area contributed by atoms with Crippen LogP contribution < -0.4 is 10.6 Å². The first-order valence-electron chi connectivity index (χ1n) is 5.55. The van der Waals surface area contributed by atoms with Crippen LogP contribution in [0.2, 0.25) is 0 Å². The number of amides is 2. The number of thiophene rings is 1. The van der Waals surface area contributed by atoms with Gasteiger partial charge in [0.1, 0.15) is 0 Å². The number of carboxylic acids is 1. The zero-order valence-corrected chi connectivity index (χ0v) is 10.7. The van der Waals surface area contributed by atoms with Gasteiger partial charge in [0.05, 0.1) is 11.3 Å². The molecule has 0 atom stereocenters. The summed E-state index contributed by atoms with van der Waals surface area (Å²) in [6.45, 7) is 0.407. The Hall–Kier alpha value is -2.34. The average molecular weight is 276 g/mol. The van der Waals surface area contributed by atoms with Crippen LogP contribution in [-0.4, -0.2) is 17.1 Å². The second kappa shape index (κ2) is 6.01. The van der Waals surface area contributed by atoms with E-state index < -0.39 is 12.0 Å². The Morgan fingerprint density at radius 3 is 2.68 bits per heavy atom. The zero-order chi connectivity index (χ0) is 13.7. The van der Waals surface area contributed by atoms with E-state index in [-0.39, 0.29) is 11.3 Å². The summed E-state index contributed by atoms with van der Waals surface area (Å²) in [7, 11) is 0. The predicted molar refractivity (Wildman–Crippen MR) is 73.6 cm³/mol. The Kier molecular flexibility index (Phi) is 4.15. The number of carbonyl (C=O) groups excluding carboxylic acids is 1. The maximum Gasteiger partial charge on any atom is 0.337 e. The van der Waals surface area contributed by atoms with E-state index in [1.807, 2.05) is 16.8 Å². The van der Waals surface area contributed by atoms with Crippen molar-refractivity contribution in [2.45, 2.75) is 6.54 Å². The standard InChI is InChI=1S/C13H12N2O3S/c16-12(17)10-3-1-2-4-11(10)15-13(18)14-7-9-5-6-19-8-9/h1-6,8H,7H2,(H,16,17)(H2,14,15,18).